The first kappa shape index (κ1) is 11.6. The zero-order valence-corrected chi connectivity index (χ0v) is 9.03. The van der Waals surface area contributed by atoms with E-state index in [1.807, 2.05) is 0 Å². The summed E-state index contributed by atoms with van der Waals surface area (Å²) in [6.45, 7) is 0. The summed E-state index contributed by atoms with van der Waals surface area (Å²) in [6.07, 6.45) is -3.06. The zero-order chi connectivity index (χ0) is 10.6. The molecule has 0 nitrogen and oxygen atoms in total. The van der Waals surface area contributed by atoms with Gasteiger partial charge in [-0.25, -0.2) is 0 Å². The van der Waals surface area contributed by atoms with E-state index in [0.29, 0.717) is 18.4 Å². The van der Waals surface area contributed by atoms with E-state index in [-0.39, 0.29) is 0 Å². The number of halogens is 4. The minimum absolute atomic E-state index is 0.374. The van der Waals surface area contributed by atoms with Gasteiger partial charge in [0.15, 0.2) is 0 Å². The molecular formula is C10H10BrF3. The van der Waals surface area contributed by atoms with Crippen molar-refractivity contribution in [2.24, 2.45) is 0 Å². The van der Waals surface area contributed by atoms with Crippen molar-refractivity contribution in [1.82, 2.24) is 0 Å². The van der Waals surface area contributed by atoms with Gasteiger partial charge in [0.2, 0.25) is 0 Å². The van der Waals surface area contributed by atoms with E-state index < -0.39 is 11.7 Å². The molecule has 0 bridgehead atoms. The fourth-order valence-corrected chi connectivity index (χ4v) is 1.55. The number of hydrogen-bond acceptors (Lipinski definition) is 0. The molecule has 78 valence electrons. The molecule has 0 heterocycles. The van der Waals surface area contributed by atoms with E-state index >= 15 is 0 Å². The largest absolute Gasteiger partial charge is 0.416 e. The second kappa shape index (κ2) is 4.82. The van der Waals surface area contributed by atoms with Gasteiger partial charge in [-0.2, -0.15) is 13.2 Å². The molecule has 1 rings (SSSR count). The average Bonchev–Trinajstić information content (AvgIpc) is 2.14. The third-order valence-electron chi connectivity index (χ3n) is 1.90. The molecule has 0 atom stereocenters. The van der Waals surface area contributed by atoms with Crippen LogP contribution in [0.5, 0.6) is 0 Å². The van der Waals surface area contributed by atoms with Crippen LogP contribution in [0.1, 0.15) is 17.5 Å². The molecule has 14 heavy (non-hydrogen) atoms. The Hall–Kier alpha value is -0.510. The Morgan fingerprint density at radius 1 is 1.14 bits per heavy atom. The third kappa shape index (κ3) is 3.01. The lowest BCUT2D eigenvalue weighted by atomic mass is 10.0. The summed E-state index contributed by atoms with van der Waals surface area (Å²) in [5.74, 6) is 0. The van der Waals surface area contributed by atoms with Gasteiger partial charge in [0.25, 0.3) is 0 Å². The molecule has 0 amide bonds. The molecule has 0 N–H and O–H groups in total. The number of aryl methyl sites for hydroxylation is 1. The molecule has 0 aromatic heterocycles. The lowest BCUT2D eigenvalue weighted by molar-refractivity contribution is -0.138. The first-order valence-corrected chi connectivity index (χ1v) is 5.39. The van der Waals surface area contributed by atoms with Crippen LogP contribution in [-0.4, -0.2) is 5.33 Å². The monoisotopic (exact) mass is 266 g/mol. The maximum atomic E-state index is 12.5. The molecule has 0 unspecified atom stereocenters. The van der Waals surface area contributed by atoms with Crippen molar-refractivity contribution >= 4 is 15.9 Å². The predicted octanol–water partition coefficient (Wildman–Crippen LogP) is 4.03. The molecule has 1 aromatic carbocycles. The normalized spacial score (nSPS) is 11.7. The van der Waals surface area contributed by atoms with Crippen molar-refractivity contribution in [3.63, 3.8) is 0 Å². The van der Waals surface area contributed by atoms with Gasteiger partial charge in [0.05, 0.1) is 5.56 Å². The number of alkyl halides is 4. The quantitative estimate of drug-likeness (QED) is 0.725. The van der Waals surface area contributed by atoms with Crippen LogP contribution >= 0.6 is 15.9 Å². The topological polar surface area (TPSA) is 0 Å². The van der Waals surface area contributed by atoms with Gasteiger partial charge in [-0.3, -0.25) is 0 Å². The second-order valence-corrected chi connectivity index (χ2v) is 3.74. The lowest BCUT2D eigenvalue weighted by Crippen LogP contribution is -2.08. The summed E-state index contributed by atoms with van der Waals surface area (Å²) >= 11 is 3.20. The molecule has 0 saturated heterocycles. The summed E-state index contributed by atoms with van der Waals surface area (Å²) < 4.78 is 37.4. The minimum atomic E-state index is -4.23. The van der Waals surface area contributed by atoms with Crippen molar-refractivity contribution in [3.05, 3.63) is 35.4 Å². The van der Waals surface area contributed by atoms with Gasteiger partial charge in [0, 0.05) is 5.33 Å². The predicted molar refractivity (Wildman–Crippen MR) is 53.6 cm³/mol. The van der Waals surface area contributed by atoms with Crippen molar-refractivity contribution in [2.75, 3.05) is 5.33 Å². The van der Waals surface area contributed by atoms with E-state index in [1.165, 1.54) is 12.1 Å². The van der Waals surface area contributed by atoms with E-state index in [2.05, 4.69) is 15.9 Å². The molecule has 0 radical (unpaired) electrons. The molecule has 0 fully saturated rings. The Bertz CT molecular complexity index is 294. The van der Waals surface area contributed by atoms with Crippen LogP contribution in [0.25, 0.3) is 0 Å². The van der Waals surface area contributed by atoms with Gasteiger partial charge >= 0.3 is 6.18 Å². The van der Waals surface area contributed by atoms with Crippen molar-refractivity contribution < 1.29 is 13.2 Å². The smallest absolute Gasteiger partial charge is 0.166 e. The first-order valence-electron chi connectivity index (χ1n) is 4.27. The van der Waals surface area contributed by atoms with E-state index in [4.69, 9.17) is 0 Å². The van der Waals surface area contributed by atoms with Crippen molar-refractivity contribution in [3.8, 4) is 0 Å². The maximum absolute atomic E-state index is 12.5. The second-order valence-electron chi connectivity index (χ2n) is 2.95. The Labute approximate surface area is 89.3 Å². The van der Waals surface area contributed by atoms with Crippen LogP contribution in [0, 0.1) is 0 Å². The third-order valence-corrected chi connectivity index (χ3v) is 2.46. The SMILES string of the molecule is FC(F)(F)c1ccccc1CCCBr. The van der Waals surface area contributed by atoms with Crippen LogP contribution in [0.2, 0.25) is 0 Å². The minimum Gasteiger partial charge on any atom is -0.166 e. The summed E-state index contributed by atoms with van der Waals surface area (Å²) in [5, 5.41) is 0.721. The molecule has 0 saturated carbocycles. The maximum Gasteiger partial charge on any atom is 0.416 e. The van der Waals surface area contributed by atoms with E-state index in [1.54, 1.807) is 6.07 Å². The van der Waals surface area contributed by atoms with Gasteiger partial charge < -0.3 is 0 Å². The van der Waals surface area contributed by atoms with Crippen molar-refractivity contribution in [2.45, 2.75) is 19.0 Å². The van der Waals surface area contributed by atoms with E-state index in [9.17, 15) is 13.2 Å². The highest BCUT2D eigenvalue weighted by atomic mass is 79.9. The molecule has 1 aromatic rings. The number of rotatable bonds is 3. The molecule has 0 aliphatic carbocycles. The molecule has 0 spiro atoms. The van der Waals surface area contributed by atoms with E-state index in [0.717, 1.165) is 11.4 Å². The Balaban J connectivity index is 2.92. The van der Waals surface area contributed by atoms with Gasteiger partial charge in [-0.1, -0.05) is 34.1 Å². The summed E-state index contributed by atoms with van der Waals surface area (Å²) in [5.41, 5.74) is -0.139. The van der Waals surface area contributed by atoms with Crippen LogP contribution in [0.3, 0.4) is 0 Å². The Morgan fingerprint density at radius 3 is 2.36 bits per heavy atom. The average molecular weight is 267 g/mol. The van der Waals surface area contributed by atoms with Crippen LogP contribution in [0.15, 0.2) is 24.3 Å². The lowest BCUT2D eigenvalue weighted by Gasteiger charge is -2.11. The van der Waals surface area contributed by atoms with Crippen LogP contribution in [-0.2, 0) is 12.6 Å². The molecule has 0 aliphatic rings. The zero-order valence-electron chi connectivity index (χ0n) is 7.44. The van der Waals surface area contributed by atoms with Crippen LogP contribution in [0.4, 0.5) is 13.2 Å². The number of benzene rings is 1. The Kier molecular flexibility index (Phi) is 3.98. The highest BCUT2D eigenvalue weighted by molar-refractivity contribution is 9.09. The fourth-order valence-electron chi connectivity index (χ4n) is 1.27. The first-order chi connectivity index (χ1) is 6.55. The highest BCUT2D eigenvalue weighted by Crippen LogP contribution is 2.32. The van der Waals surface area contributed by atoms with Gasteiger partial charge in [0.1, 0.15) is 0 Å². The molecular weight excluding hydrogens is 257 g/mol. The Morgan fingerprint density at radius 2 is 1.79 bits per heavy atom. The summed E-state index contributed by atoms with van der Waals surface area (Å²) in [4.78, 5) is 0. The van der Waals surface area contributed by atoms with Gasteiger partial charge in [-0.05, 0) is 24.5 Å². The van der Waals surface area contributed by atoms with Crippen LogP contribution < -0.4 is 0 Å². The summed E-state index contributed by atoms with van der Waals surface area (Å²) in [6, 6.07) is 5.72. The molecule has 0 aliphatic heterocycles. The summed E-state index contributed by atoms with van der Waals surface area (Å²) in [7, 11) is 0. The molecule has 4 heteroatoms. The fraction of sp³-hybridized carbons (Fsp3) is 0.400. The van der Waals surface area contributed by atoms with Crippen molar-refractivity contribution in [1.29, 1.82) is 0 Å². The highest BCUT2D eigenvalue weighted by Gasteiger charge is 2.32. The number of hydrogen-bond donors (Lipinski definition) is 0. The van der Waals surface area contributed by atoms with Gasteiger partial charge in [-0.15, -0.1) is 0 Å². The standard InChI is InChI=1S/C10H10BrF3/c11-7-3-5-8-4-1-2-6-9(8)10(12,13)14/h1-2,4,6H,3,5,7H2.